The highest BCUT2D eigenvalue weighted by Crippen LogP contribution is 2.60. The third kappa shape index (κ3) is 4.30. The lowest BCUT2D eigenvalue weighted by Crippen LogP contribution is -2.37. The Labute approximate surface area is 211 Å². The summed E-state index contributed by atoms with van der Waals surface area (Å²) in [6.45, 7) is 1.54. The molecule has 1 saturated heterocycles. The molecule has 1 aromatic rings. The van der Waals surface area contributed by atoms with Gasteiger partial charge in [-0.25, -0.2) is 0 Å². The van der Waals surface area contributed by atoms with Crippen LogP contribution >= 0.6 is 47.8 Å². The molecule has 0 spiro atoms. The van der Waals surface area contributed by atoms with Crippen LogP contribution in [0, 0.1) is 23.7 Å². The molecule has 0 unspecified atom stereocenters. The van der Waals surface area contributed by atoms with E-state index in [-0.39, 0.29) is 58.1 Å². The summed E-state index contributed by atoms with van der Waals surface area (Å²) in [7, 11) is 0. The average Bonchev–Trinajstić information content (AvgIpc) is 3.37. The van der Waals surface area contributed by atoms with Crippen molar-refractivity contribution in [3.05, 3.63) is 28.2 Å². The van der Waals surface area contributed by atoms with Gasteiger partial charge in [0.25, 0.3) is 5.91 Å². The Morgan fingerprint density at radius 2 is 1.75 bits per heavy atom. The van der Waals surface area contributed by atoms with Gasteiger partial charge in [0, 0.05) is 26.4 Å². The van der Waals surface area contributed by atoms with Crippen molar-refractivity contribution in [2.45, 2.75) is 35.8 Å². The summed E-state index contributed by atoms with van der Waals surface area (Å²) in [4.78, 5) is 51.6. The van der Waals surface area contributed by atoms with E-state index in [0.29, 0.717) is 5.69 Å². The smallest absolute Gasteiger partial charge is 0.308 e. The molecule has 2 aliphatic carbocycles. The molecule has 7 nitrogen and oxygen atoms in total. The van der Waals surface area contributed by atoms with E-state index in [9.17, 15) is 19.2 Å². The molecule has 32 heavy (non-hydrogen) atoms. The van der Waals surface area contributed by atoms with Crippen LogP contribution in [0.5, 0.6) is 0 Å². The van der Waals surface area contributed by atoms with E-state index in [1.54, 1.807) is 6.07 Å². The number of rotatable bonds is 7. The standard InChI is InChI=1S/C22H23Br3N2O5/c1-2-10-7-11(23)3-4-14(10)26-15(28)9-32-16(29)5-6-27-21(30)17-12-8-13(18(17)22(27)31)20(25)19(12)24/h3-4,7,12-13,17-20H,2,5-6,8-9H2,1H3,(H,26,28)/t12-,13-,17-,18-,19+,20+/m1/s1. The number of esters is 1. The highest BCUT2D eigenvalue weighted by Gasteiger charge is 2.66. The van der Waals surface area contributed by atoms with E-state index in [4.69, 9.17) is 4.74 Å². The largest absolute Gasteiger partial charge is 0.456 e. The van der Waals surface area contributed by atoms with E-state index >= 15 is 0 Å². The normalized spacial score (nSPS) is 30.6. The Morgan fingerprint density at radius 3 is 2.34 bits per heavy atom. The van der Waals surface area contributed by atoms with Crippen molar-refractivity contribution >= 4 is 77.2 Å². The van der Waals surface area contributed by atoms with Crippen molar-refractivity contribution < 1.29 is 23.9 Å². The maximum absolute atomic E-state index is 12.9. The molecule has 3 aliphatic rings. The molecule has 4 rings (SSSR count). The number of aryl methyl sites for hydroxylation is 1. The number of halogens is 3. The fourth-order valence-corrected chi connectivity index (χ4v) is 7.50. The molecule has 0 radical (unpaired) electrons. The highest BCUT2D eigenvalue weighted by atomic mass is 79.9. The fourth-order valence-electron chi connectivity index (χ4n) is 5.22. The monoisotopic (exact) mass is 632 g/mol. The zero-order valence-corrected chi connectivity index (χ0v) is 22.1. The molecule has 2 saturated carbocycles. The minimum Gasteiger partial charge on any atom is -0.456 e. The van der Waals surface area contributed by atoms with Gasteiger partial charge in [-0.1, -0.05) is 54.7 Å². The maximum Gasteiger partial charge on any atom is 0.308 e. The number of amides is 3. The summed E-state index contributed by atoms with van der Waals surface area (Å²) in [6, 6.07) is 5.52. The maximum atomic E-state index is 12.9. The molecule has 172 valence electrons. The highest BCUT2D eigenvalue weighted by molar-refractivity contribution is 9.12. The molecule has 0 aromatic heterocycles. The Bertz CT molecular complexity index is 939. The average molecular weight is 635 g/mol. The predicted molar refractivity (Wildman–Crippen MR) is 128 cm³/mol. The zero-order chi connectivity index (χ0) is 23.2. The predicted octanol–water partition coefficient (Wildman–Crippen LogP) is 3.66. The number of hydrogen-bond donors (Lipinski definition) is 1. The van der Waals surface area contributed by atoms with Crippen LogP contribution in [0.4, 0.5) is 5.69 Å². The van der Waals surface area contributed by atoms with Gasteiger partial charge in [0.2, 0.25) is 11.8 Å². The van der Waals surface area contributed by atoms with Gasteiger partial charge in [0.15, 0.2) is 6.61 Å². The van der Waals surface area contributed by atoms with E-state index in [1.807, 2.05) is 19.1 Å². The second-order valence-electron chi connectivity index (χ2n) is 8.45. The summed E-state index contributed by atoms with van der Waals surface area (Å²) < 4.78 is 5.98. The number of carbonyl (C=O) groups is 4. The van der Waals surface area contributed by atoms with Crippen LogP contribution in [-0.2, 0) is 30.3 Å². The second kappa shape index (κ2) is 9.54. The number of carbonyl (C=O) groups excluding carboxylic acids is 4. The number of nitrogens with one attached hydrogen (secondary N) is 1. The van der Waals surface area contributed by atoms with E-state index in [1.165, 1.54) is 4.90 Å². The van der Waals surface area contributed by atoms with Crippen LogP contribution in [-0.4, -0.2) is 51.4 Å². The lowest BCUT2D eigenvalue weighted by atomic mass is 9.81. The third-order valence-corrected chi connectivity index (χ3v) is 10.4. The van der Waals surface area contributed by atoms with Gasteiger partial charge < -0.3 is 10.1 Å². The van der Waals surface area contributed by atoms with Crippen molar-refractivity contribution in [1.29, 1.82) is 0 Å². The SMILES string of the molecule is CCc1cc(Br)ccc1NC(=O)COC(=O)CCN1C(=O)[C@@H]2[C@H]3C[C@@H]([C@H](Br)[C@H]3Br)[C@H]2C1=O. The van der Waals surface area contributed by atoms with E-state index < -0.39 is 18.5 Å². The van der Waals surface area contributed by atoms with E-state index in [0.717, 1.165) is 22.9 Å². The number of hydrogen-bond acceptors (Lipinski definition) is 5. The molecule has 1 N–H and O–H groups in total. The minimum atomic E-state index is -0.621. The first-order valence-corrected chi connectivity index (χ1v) is 13.2. The topological polar surface area (TPSA) is 92.8 Å². The van der Waals surface area contributed by atoms with Crippen LogP contribution in [0.15, 0.2) is 22.7 Å². The van der Waals surface area contributed by atoms with Gasteiger partial charge in [-0.05, 0) is 48.4 Å². The summed E-state index contributed by atoms with van der Waals surface area (Å²) in [5.74, 6) is -1.77. The number of alkyl halides is 2. The Balaban J connectivity index is 1.26. The van der Waals surface area contributed by atoms with Gasteiger partial charge in [0.1, 0.15) is 0 Å². The number of imide groups is 1. The molecule has 10 heteroatoms. The van der Waals surface area contributed by atoms with Gasteiger partial charge >= 0.3 is 5.97 Å². The summed E-state index contributed by atoms with van der Waals surface area (Å²) in [6.07, 6.45) is 1.47. The first-order chi connectivity index (χ1) is 15.2. The number of ether oxygens (including phenoxy) is 1. The number of fused-ring (bicyclic) bond motifs is 5. The number of nitrogens with zero attached hydrogens (tertiary/aromatic N) is 1. The lowest BCUT2D eigenvalue weighted by molar-refractivity contribution is -0.149. The van der Waals surface area contributed by atoms with Crippen LogP contribution < -0.4 is 5.32 Å². The number of likely N-dealkylation sites (tertiary alicyclic amines) is 1. The Morgan fingerprint density at radius 1 is 1.12 bits per heavy atom. The Hall–Kier alpha value is -1.26. The molecular weight excluding hydrogens is 612 g/mol. The molecule has 1 heterocycles. The molecule has 3 fully saturated rings. The summed E-state index contributed by atoms with van der Waals surface area (Å²) in [5, 5.41) is 2.74. The van der Waals surface area contributed by atoms with Crippen LogP contribution in [0.3, 0.4) is 0 Å². The number of anilines is 1. The third-order valence-electron chi connectivity index (χ3n) is 6.70. The molecule has 2 bridgehead atoms. The van der Waals surface area contributed by atoms with Crippen molar-refractivity contribution in [3.8, 4) is 0 Å². The molecule has 6 atom stereocenters. The zero-order valence-electron chi connectivity index (χ0n) is 17.4. The van der Waals surface area contributed by atoms with Crippen molar-refractivity contribution in [2.75, 3.05) is 18.5 Å². The van der Waals surface area contributed by atoms with Crippen molar-refractivity contribution in [1.82, 2.24) is 4.90 Å². The van der Waals surface area contributed by atoms with Gasteiger partial charge in [-0.3, -0.25) is 24.1 Å². The van der Waals surface area contributed by atoms with Crippen molar-refractivity contribution in [2.24, 2.45) is 23.7 Å². The lowest BCUT2D eigenvalue weighted by Gasteiger charge is -2.28. The van der Waals surface area contributed by atoms with Gasteiger partial charge in [-0.15, -0.1) is 0 Å². The Kier molecular flexibility index (Phi) is 7.12. The van der Waals surface area contributed by atoms with Gasteiger partial charge in [-0.2, -0.15) is 0 Å². The van der Waals surface area contributed by atoms with Crippen LogP contribution in [0.2, 0.25) is 0 Å². The second-order valence-corrected chi connectivity index (χ2v) is 11.5. The van der Waals surface area contributed by atoms with Crippen molar-refractivity contribution in [3.63, 3.8) is 0 Å². The molecule has 3 amide bonds. The van der Waals surface area contributed by atoms with Crippen LogP contribution in [0.25, 0.3) is 0 Å². The van der Waals surface area contributed by atoms with Gasteiger partial charge in [0.05, 0.1) is 18.3 Å². The van der Waals surface area contributed by atoms with Crippen LogP contribution in [0.1, 0.15) is 25.3 Å². The quantitative estimate of drug-likeness (QED) is 0.281. The fraction of sp³-hybridized carbons (Fsp3) is 0.545. The number of benzene rings is 1. The van der Waals surface area contributed by atoms with E-state index in [2.05, 4.69) is 53.1 Å². The minimum absolute atomic E-state index is 0.0167. The molecule has 1 aliphatic heterocycles. The summed E-state index contributed by atoms with van der Waals surface area (Å²) >= 11 is 10.7. The molecular formula is C22H23Br3N2O5. The molecule has 1 aromatic carbocycles. The first kappa shape index (κ1) is 23.9. The summed E-state index contributed by atoms with van der Waals surface area (Å²) in [5.41, 5.74) is 1.63. The first-order valence-electron chi connectivity index (χ1n) is 10.6.